The van der Waals surface area contributed by atoms with E-state index in [9.17, 15) is 24.3 Å². The van der Waals surface area contributed by atoms with Crippen molar-refractivity contribution in [1.82, 2.24) is 9.80 Å². The molecule has 56 heavy (non-hydrogen) atoms. The van der Waals surface area contributed by atoms with Crippen molar-refractivity contribution in [3.05, 3.63) is 46.0 Å². The fourth-order valence-electron chi connectivity index (χ4n) is 14.3. The van der Waals surface area contributed by atoms with E-state index in [-0.39, 0.29) is 63.4 Å². The summed E-state index contributed by atoms with van der Waals surface area (Å²) < 4.78 is 6.20. The Morgan fingerprint density at radius 3 is 2.25 bits per heavy atom. The molecule has 1 aromatic carbocycles. The lowest BCUT2D eigenvalue weighted by Crippen LogP contribution is -2.67. The van der Waals surface area contributed by atoms with Crippen LogP contribution < -0.4 is 0 Å². The molecule has 9 heteroatoms. The molecule has 5 fully saturated rings. The molecule has 0 aromatic heterocycles. The number of aliphatic carboxylic acids is 1. The molecule has 0 radical (unpaired) electrons. The van der Waals surface area contributed by atoms with Crippen molar-refractivity contribution in [2.24, 2.45) is 56.2 Å². The molecule has 7 rings (SSSR count). The molecule has 0 spiro atoms. The Morgan fingerprint density at radius 1 is 0.929 bits per heavy atom. The number of amides is 1. The van der Waals surface area contributed by atoms with Gasteiger partial charge in [0, 0.05) is 42.4 Å². The number of hydrogen-bond donors (Lipinski definition) is 1. The van der Waals surface area contributed by atoms with Crippen LogP contribution in [0.2, 0.25) is 5.02 Å². The fraction of sp³-hybridized carbons (Fsp3) is 0.745. The summed E-state index contributed by atoms with van der Waals surface area (Å²) in [4.78, 5) is 57.6. The fourth-order valence-corrected chi connectivity index (χ4v) is 14.5. The molecule has 0 unspecified atom stereocenters. The van der Waals surface area contributed by atoms with Crippen molar-refractivity contribution in [3.63, 3.8) is 0 Å². The molecule has 1 saturated heterocycles. The molecule has 1 amide bonds. The van der Waals surface area contributed by atoms with Crippen molar-refractivity contribution in [2.45, 2.75) is 145 Å². The second kappa shape index (κ2) is 14.0. The van der Waals surface area contributed by atoms with Gasteiger partial charge in [0.05, 0.1) is 24.4 Å². The van der Waals surface area contributed by atoms with Gasteiger partial charge in [0.25, 0.3) is 0 Å². The summed E-state index contributed by atoms with van der Waals surface area (Å²) in [5.74, 6) is 0.250. The zero-order valence-electron chi connectivity index (χ0n) is 35.7. The standard InChI is InChI=1S/C47H67ClN2O6/c1-28(2)39-32(51)23-47(35-26-50(27-37(52)49(35)10)25-29-11-13-30(48)14-12-29)22-21-45(8)31(40(39)47)15-16-34-44(7)19-18-36(56-38(53)24-42(3,4)41(54)55)43(5,6)33(44)17-20-46(34,45)9/h11-14,28,31,33-36H,15-27H2,1-10H3,(H,54,55)/t31-,33+,34-,35+,36+,44+,45-,46-,47+/m1/s1. The van der Waals surface area contributed by atoms with Crippen molar-refractivity contribution < 1.29 is 29.0 Å². The Kier molecular flexibility index (Phi) is 10.3. The van der Waals surface area contributed by atoms with Gasteiger partial charge < -0.3 is 14.7 Å². The number of benzene rings is 1. The first-order chi connectivity index (χ1) is 26.0. The highest BCUT2D eigenvalue weighted by atomic mass is 35.5. The van der Waals surface area contributed by atoms with E-state index in [1.807, 2.05) is 36.2 Å². The molecule has 1 aromatic rings. The summed E-state index contributed by atoms with van der Waals surface area (Å²) in [6.45, 7) is 21.6. The summed E-state index contributed by atoms with van der Waals surface area (Å²) in [5, 5.41) is 10.4. The quantitative estimate of drug-likeness (QED) is 0.262. The van der Waals surface area contributed by atoms with Gasteiger partial charge >= 0.3 is 11.9 Å². The number of hydrogen-bond acceptors (Lipinski definition) is 6. The van der Waals surface area contributed by atoms with Gasteiger partial charge in [-0.2, -0.15) is 0 Å². The second-order valence-electron chi connectivity index (χ2n) is 21.4. The topological polar surface area (TPSA) is 104 Å². The van der Waals surface area contributed by atoms with Gasteiger partial charge in [0.2, 0.25) is 5.91 Å². The molecule has 5 aliphatic carbocycles. The summed E-state index contributed by atoms with van der Waals surface area (Å²) in [6, 6.07) is 7.84. The Labute approximate surface area is 340 Å². The van der Waals surface area contributed by atoms with Crippen LogP contribution in [0.4, 0.5) is 0 Å². The number of likely N-dealkylation sites (N-methyl/N-ethyl adjacent to an activating group) is 1. The minimum Gasteiger partial charge on any atom is -0.481 e. The number of rotatable bonds is 8. The predicted molar refractivity (Wildman–Crippen MR) is 219 cm³/mol. The maximum atomic E-state index is 14.4. The van der Waals surface area contributed by atoms with Gasteiger partial charge in [0.1, 0.15) is 6.10 Å². The molecule has 6 aliphatic rings. The summed E-state index contributed by atoms with van der Waals surface area (Å²) in [7, 11) is 1.98. The maximum absolute atomic E-state index is 14.4. The first-order valence-electron chi connectivity index (χ1n) is 21.4. The van der Waals surface area contributed by atoms with Crippen LogP contribution >= 0.6 is 11.6 Å². The third-order valence-electron chi connectivity index (χ3n) is 17.5. The number of carbonyl (C=O) groups is 4. The van der Waals surface area contributed by atoms with E-state index in [0.717, 1.165) is 69.0 Å². The Hall–Kier alpha value is -2.71. The van der Waals surface area contributed by atoms with E-state index in [0.29, 0.717) is 42.2 Å². The monoisotopic (exact) mass is 790 g/mol. The first-order valence-corrected chi connectivity index (χ1v) is 21.8. The number of carboxylic acids is 1. The maximum Gasteiger partial charge on any atom is 0.309 e. The van der Waals surface area contributed by atoms with Gasteiger partial charge in [-0.25, -0.2) is 0 Å². The van der Waals surface area contributed by atoms with Gasteiger partial charge in [-0.3, -0.25) is 24.1 Å². The van der Waals surface area contributed by atoms with Gasteiger partial charge in [-0.15, -0.1) is 0 Å². The minimum absolute atomic E-state index is 0.0103. The lowest BCUT2D eigenvalue weighted by atomic mass is 9.32. The van der Waals surface area contributed by atoms with Crippen molar-refractivity contribution in [3.8, 4) is 0 Å². The third kappa shape index (κ3) is 6.23. The number of carbonyl (C=O) groups excluding carboxylic acids is 3. The number of Topliss-reactive ketones (excluding diaryl/α,β-unsaturated/α-hetero) is 1. The van der Waals surface area contributed by atoms with Crippen molar-refractivity contribution in [1.29, 1.82) is 0 Å². The lowest BCUT2D eigenvalue weighted by Gasteiger charge is -2.72. The number of allylic oxidation sites excluding steroid dienone is 1. The van der Waals surface area contributed by atoms with E-state index in [1.165, 1.54) is 5.57 Å². The number of esters is 1. The third-order valence-corrected chi connectivity index (χ3v) is 17.7. The molecule has 0 bridgehead atoms. The molecule has 1 heterocycles. The zero-order valence-corrected chi connectivity index (χ0v) is 36.5. The normalized spacial score (nSPS) is 38.5. The predicted octanol–water partition coefficient (Wildman–Crippen LogP) is 9.38. The van der Waals surface area contributed by atoms with Crippen LogP contribution in [0, 0.1) is 56.2 Å². The number of fused-ring (bicyclic) bond motifs is 7. The summed E-state index contributed by atoms with van der Waals surface area (Å²) >= 11 is 6.21. The molecule has 9 atom stereocenters. The van der Waals surface area contributed by atoms with Gasteiger partial charge in [0.15, 0.2) is 5.78 Å². The molecule has 1 N–H and O–H groups in total. The number of piperazine rings is 1. The molecule has 1 aliphatic heterocycles. The smallest absolute Gasteiger partial charge is 0.309 e. The van der Waals surface area contributed by atoms with E-state index >= 15 is 0 Å². The van der Waals surface area contributed by atoms with Crippen LogP contribution in [-0.4, -0.2) is 70.8 Å². The van der Waals surface area contributed by atoms with Gasteiger partial charge in [-0.05, 0) is 128 Å². The highest BCUT2D eigenvalue weighted by molar-refractivity contribution is 6.30. The Morgan fingerprint density at radius 2 is 1.61 bits per heavy atom. The van der Waals surface area contributed by atoms with E-state index in [1.54, 1.807) is 13.8 Å². The van der Waals surface area contributed by atoms with Crippen LogP contribution in [-0.2, 0) is 30.5 Å². The molecule has 308 valence electrons. The average Bonchev–Trinajstić information content (AvgIpc) is 3.41. The van der Waals surface area contributed by atoms with Crippen LogP contribution in [0.1, 0.15) is 132 Å². The zero-order chi connectivity index (χ0) is 41.0. The average molecular weight is 792 g/mol. The molecule has 4 saturated carbocycles. The number of ether oxygens (including phenoxy) is 1. The number of halogens is 1. The van der Waals surface area contributed by atoms with Crippen LogP contribution in [0.5, 0.6) is 0 Å². The molecular formula is C47H67ClN2O6. The Balaban J connectivity index is 1.19. The van der Waals surface area contributed by atoms with Crippen LogP contribution in [0.25, 0.3) is 0 Å². The molecular weight excluding hydrogens is 724 g/mol. The number of carboxylic acid groups (broad SMARTS) is 1. The number of ketones is 1. The minimum atomic E-state index is -1.17. The second-order valence-corrected chi connectivity index (χ2v) is 21.8. The van der Waals surface area contributed by atoms with E-state index in [4.69, 9.17) is 16.3 Å². The summed E-state index contributed by atoms with van der Waals surface area (Å²) in [5.41, 5.74) is 1.89. The highest BCUT2D eigenvalue weighted by Gasteiger charge is 2.71. The highest BCUT2D eigenvalue weighted by Crippen LogP contribution is 2.77. The number of nitrogens with zero attached hydrogens (tertiary/aromatic N) is 2. The van der Waals surface area contributed by atoms with E-state index in [2.05, 4.69) is 53.4 Å². The van der Waals surface area contributed by atoms with E-state index < -0.39 is 17.4 Å². The largest absolute Gasteiger partial charge is 0.481 e. The van der Waals surface area contributed by atoms with Crippen molar-refractivity contribution in [2.75, 3.05) is 20.1 Å². The summed E-state index contributed by atoms with van der Waals surface area (Å²) in [6.07, 6.45) is 8.08. The van der Waals surface area contributed by atoms with Crippen molar-refractivity contribution >= 4 is 35.2 Å². The lowest BCUT2D eigenvalue weighted by molar-refractivity contribution is -0.234. The van der Waals surface area contributed by atoms with Gasteiger partial charge in [-0.1, -0.05) is 77.8 Å². The molecule has 8 nitrogen and oxygen atoms in total. The Bertz CT molecular complexity index is 1820. The SMILES string of the molecule is CC(C)C1=C2[C@H]3CC[C@@H]4[C@@]5(C)CC[C@H](OC(=O)CC(C)(C)C(=O)O)C(C)(C)[C@@H]5CC[C@@]4(C)[C@]3(C)CC[C@@]2([C@@H]2CN(Cc3ccc(Cl)cc3)CC(=O)N2C)CC1=O. The first kappa shape index (κ1) is 41.4. The van der Waals surface area contributed by atoms with Crippen LogP contribution in [0.3, 0.4) is 0 Å². The van der Waals surface area contributed by atoms with Crippen LogP contribution in [0.15, 0.2) is 35.4 Å².